The summed E-state index contributed by atoms with van der Waals surface area (Å²) in [4.78, 5) is 35.6. The monoisotopic (exact) mass is 319 g/mol. The number of anilines is 1. The van der Waals surface area contributed by atoms with Gasteiger partial charge < -0.3 is 15.1 Å². The van der Waals surface area contributed by atoms with E-state index in [9.17, 15) is 9.59 Å². The summed E-state index contributed by atoms with van der Waals surface area (Å²) < 4.78 is 0. The summed E-state index contributed by atoms with van der Waals surface area (Å²) in [6.07, 6.45) is 4.17. The molecule has 1 aliphatic rings. The topological polar surface area (TPSA) is 78.4 Å². The molecular formula is C16H25N5O2. The van der Waals surface area contributed by atoms with Gasteiger partial charge in [0.1, 0.15) is 0 Å². The van der Waals surface area contributed by atoms with E-state index < -0.39 is 0 Å². The maximum absolute atomic E-state index is 12.4. The Balaban J connectivity index is 1.87. The van der Waals surface area contributed by atoms with E-state index in [0.717, 1.165) is 13.0 Å². The van der Waals surface area contributed by atoms with E-state index in [0.29, 0.717) is 43.6 Å². The van der Waals surface area contributed by atoms with Gasteiger partial charge in [-0.05, 0) is 12.3 Å². The molecule has 2 rings (SSSR count). The van der Waals surface area contributed by atoms with Crippen LogP contribution in [0, 0.1) is 5.92 Å². The van der Waals surface area contributed by atoms with Crippen molar-refractivity contribution in [2.45, 2.75) is 27.2 Å². The van der Waals surface area contributed by atoms with Gasteiger partial charge in [0.25, 0.3) is 5.91 Å². The molecule has 0 aromatic carbocycles. The molecule has 2 amide bonds. The van der Waals surface area contributed by atoms with Crippen LogP contribution in [-0.4, -0.2) is 64.3 Å². The second kappa shape index (κ2) is 7.89. The summed E-state index contributed by atoms with van der Waals surface area (Å²) in [7, 11) is 0. The minimum absolute atomic E-state index is 0.0530. The average molecular weight is 319 g/mol. The molecule has 7 nitrogen and oxygen atoms in total. The lowest BCUT2D eigenvalue weighted by atomic mass is 10.1. The maximum Gasteiger partial charge on any atom is 0.257 e. The molecular weight excluding hydrogens is 294 g/mol. The molecule has 126 valence electrons. The first-order chi connectivity index (χ1) is 11.0. The first-order valence-corrected chi connectivity index (χ1v) is 8.08. The summed E-state index contributed by atoms with van der Waals surface area (Å²) in [5, 5.41) is 3.15. The highest BCUT2D eigenvalue weighted by Gasteiger charge is 2.23. The third kappa shape index (κ3) is 4.91. The largest absolute Gasteiger partial charge is 0.354 e. The maximum atomic E-state index is 12.4. The van der Waals surface area contributed by atoms with Crippen LogP contribution in [0.15, 0.2) is 12.4 Å². The van der Waals surface area contributed by atoms with Crippen molar-refractivity contribution < 1.29 is 9.59 Å². The van der Waals surface area contributed by atoms with Gasteiger partial charge in [-0.3, -0.25) is 9.59 Å². The van der Waals surface area contributed by atoms with Crippen LogP contribution in [-0.2, 0) is 4.79 Å². The van der Waals surface area contributed by atoms with Crippen LogP contribution in [0.2, 0.25) is 0 Å². The van der Waals surface area contributed by atoms with E-state index in [1.165, 1.54) is 0 Å². The Labute approximate surface area is 137 Å². The van der Waals surface area contributed by atoms with Crippen molar-refractivity contribution in [1.29, 1.82) is 0 Å². The van der Waals surface area contributed by atoms with E-state index in [2.05, 4.69) is 29.1 Å². The number of hydrogen-bond donors (Lipinski definition) is 1. The number of hydrogen-bond acceptors (Lipinski definition) is 5. The summed E-state index contributed by atoms with van der Waals surface area (Å²) in [5.41, 5.74) is 0.482. The van der Waals surface area contributed by atoms with Crippen molar-refractivity contribution in [2.24, 2.45) is 5.92 Å². The molecule has 1 fully saturated rings. The van der Waals surface area contributed by atoms with E-state index in [1.807, 2.05) is 0 Å². The van der Waals surface area contributed by atoms with Crippen molar-refractivity contribution >= 4 is 17.8 Å². The van der Waals surface area contributed by atoms with Crippen molar-refractivity contribution in [3.8, 4) is 0 Å². The summed E-state index contributed by atoms with van der Waals surface area (Å²) in [6.45, 7) is 8.95. The lowest BCUT2D eigenvalue weighted by Crippen LogP contribution is -2.50. The third-order valence-electron chi connectivity index (χ3n) is 3.92. The summed E-state index contributed by atoms with van der Waals surface area (Å²) >= 11 is 0. The lowest BCUT2D eigenvalue weighted by Gasteiger charge is -2.34. The highest BCUT2D eigenvalue weighted by Crippen LogP contribution is 2.09. The molecule has 0 spiro atoms. The molecule has 0 unspecified atom stereocenters. The first kappa shape index (κ1) is 17.2. The number of aromatic nitrogens is 2. The van der Waals surface area contributed by atoms with Crippen LogP contribution in [0.1, 0.15) is 37.6 Å². The van der Waals surface area contributed by atoms with Crippen molar-refractivity contribution in [3.63, 3.8) is 0 Å². The molecule has 1 aromatic heterocycles. The van der Waals surface area contributed by atoms with Gasteiger partial charge in [0.15, 0.2) is 0 Å². The van der Waals surface area contributed by atoms with Gasteiger partial charge in [-0.2, -0.15) is 0 Å². The van der Waals surface area contributed by atoms with Crippen molar-refractivity contribution in [3.05, 3.63) is 18.0 Å². The third-order valence-corrected chi connectivity index (χ3v) is 3.92. The molecule has 1 aromatic rings. The van der Waals surface area contributed by atoms with Crippen LogP contribution in [0.4, 0.5) is 5.95 Å². The Kier molecular flexibility index (Phi) is 5.90. The van der Waals surface area contributed by atoms with Crippen LogP contribution >= 0.6 is 0 Å². The number of nitrogens with zero attached hydrogens (tertiary/aromatic N) is 4. The number of piperazine rings is 1. The van der Waals surface area contributed by atoms with Gasteiger partial charge in [0.05, 0.1) is 5.56 Å². The van der Waals surface area contributed by atoms with Crippen molar-refractivity contribution in [2.75, 3.05) is 38.0 Å². The van der Waals surface area contributed by atoms with E-state index in [-0.39, 0.29) is 11.8 Å². The number of carbonyl (C=O) groups is 2. The fourth-order valence-corrected chi connectivity index (χ4v) is 2.41. The molecule has 0 atom stereocenters. The fraction of sp³-hybridized carbons (Fsp3) is 0.625. The second-order valence-electron chi connectivity index (χ2n) is 6.20. The zero-order valence-corrected chi connectivity index (χ0v) is 14.1. The van der Waals surface area contributed by atoms with Gasteiger partial charge in [-0.25, -0.2) is 9.97 Å². The SMILES string of the molecule is CC(=O)N1CCN(C(=O)c2cnc(NCCC(C)C)nc2)CC1. The fourth-order valence-electron chi connectivity index (χ4n) is 2.41. The molecule has 0 aliphatic carbocycles. The van der Waals surface area contributed by atoms with Crippen LogP contribution in [0.25, 0.3) is 0 Å². The Morgan fingerprint density at radius 2 is 1.70 bits per heavy atom. The second-order valence-corrected chi connectivity index (χ2v) is 6.20. The summed E-state index contributed by atoms with van der Waals surface area (Å²) in [6, 6.07) is 0. The standard InChI is InChI=1S/C16H25N5O2/c1-12(2)4-5-17-16-18-10-14(11-19-16)15(23)21-8-6-20(7-9-21)13(3)22/h10-12H,4-9H2,1-3H3,(H,17,18,19). The predicted molar refractivity (Wildman–Crippen MR) is 88.1 cm³/mol. The van der Waals surface area contributed by atoms with Gasteiger partial charge in [0, 0.05) is 52.0 Å². The van der Waals surface area contributed by atoms with Gasteiger partial charge in [-0.15, -0.1) is 0 Å². The van der Waals surface area contributed by atoms with E-state index in [4.69, 9.17) is 0 Å². The lowest BCUT2D eigenvalue weighted by molar-refractivity contribution is -0.130. The zero-order valence-electron chi connectivity index (χ0n) is 14.1. The van der Waals surface area contributed by atoms with Gasteiger partial charge >= 0.3 is 0 Å². The van der Waals surface area contributed by atoms with Crippen molar-refractivity contribution in [1.82, 2.24) is 19.8 Å². The van der Waals surface area contributed by atoms with Crippen LogP contribution in [0.3, 0.4) is 0 Å². The molecule has 23 heavy (non-hydrogen) atoms. The molecule has 1 N–H and O–H groups in total. The molecule has 0 radical (unpaired) electrons. The van der Waals surface area contributed by atoms with Crippen LogP contribution in [0.5, 0.6) is 0 Å². The average Bonchev–Trinajstić information content (AvgIpc) is 2.54. The number of amides is 2. The van der Waals surface area contributed by atoms with Crippen LogP contribution < -0.4 is 5.32 Å². The van der Waals surface area contributed by atoms with Gasteiger partial charge in [-0.1, -0.05) is 13.8 Å². The normalized spacial score (nSPS) is 15.0. The molecule has 0 bridgehead atoms. The zero-order chi connectivity index (χ0) is 16.8. The Bertz CT molecular complexity index is 536. The Hall–Kier alpha value is -2.18. The number of carbonyl (C=O) groups excluding carboxylic acids is 2. The Morgan fingerprint density at radius 3 is 2.22 bits per heavy atom. The summed E-state index contributed by atoms with van der Waals surface area (Å²) in [5.74, 6) is 1.14. The number of rotatable bonds is 5. The highest BCUT2D eigenvalue weighted by molar-refractivity contribution is 5.93. The first-order valence-electron chi connectivity index (χ1n) is 8.08. The molecule has 1 saturated heterocycles. The van der Waals surface area contributed by atoms with Gasteiger partial charge in [0.2, 0.25) is 11.9 Å². The van der Waals surface area contributed by atoms with E-state index >= 15 is 0 Å². The molecule has 0 saturated carbocycles. The number of nitrogens with one attached hydrogen (secondary N) is 1. The minimum atomic E-state index is -0.0815. The quantitative estimate of drug-likeness (QED) is 0.883. The van der Waals surface area contributed by atoms with E-state index in [1.54, 1.807) is 29.1 Å². The molecule has 2 heterocycles. The minimum Gasteiger partial charge on any atom is -0.354 e. The molecule has 1 aliphatic heterocycles. The predicted octanol–water partition coefficient (Wildman–Crippen LogP) is 1.24. The molecule has 7 heteroatoms. The smallest absolute Gasteiger partial charge is 0.257 e. The Morgan fingerprint density at radius 1 is 1.13 bits per heavy atom. The highest BCUT2D eigenvalue weighted by atomic mass is 16.2.